The molecular formula is C13H22N4O4. The van der Waals surface area contributed by atoms with Gasteiger partial charge in [-0.05, 0) is 27.2 Å². The Hall–Kier alpha value is -1.96. The van der Waals surface area contributed by atoms with Crippen LogP contribution in [0.4, 0.5) is 5.69 Å². The van der Waals surface area contributed by atoms with Crippen LogP contribution in [0.2, 0.25) is 0 Å². The van der Waals surface area contributed by atoms with Crippen LogP contribution < -0.4 is 5.32 Å². The SMILES string of the molecule is Cc1c([N+](=O)[O-])cnn1CCC(=O)NCCCOC(C)C. The van der Waals surface area contributed by atoms with Crippen LogP contribution in [-0.4, -0.2) is 39.9 Å². The quantitative estimate of drug-likeness (QED) is 0.422. The Kier molecular flexibility index (Phi) is 6.80. The van der Waals surface area contributed by atoms with Crippen molar-refractivity contribution in [2.24, 2.45) is 0 Å². The molecule has 1 rings (SSSR count). The van der Waals surface area contributed by atoms with Crippen molar-refractivity contribution in [1.82, 2.24) is 15.1 Å². The van der Waals surface area contributed by atoms with E-state index in [0.29, 0.717) is 25.4 Å². The van der Waals surface area contributed by atoms with Crippen molar-refractivity contribution in [3.8, 4) is 0 Å². The maximum Gasteiger partial charge on any atom is 0.309 e. The number of nitro groups is 1. The Morgan fingerprint density at radius 2 is 2.29 bits per heavy atom. The zero-order valence-corrected chi connectivity index (χ0v) is 12.7. The Balaban J connectivity index is 2.26. The molecule has 1 aromatic rings. The van der Waals surface area contributed by atoms with Gasteiger partial charge in [0.15, 0.2) is 0 Å². The predicted molar refractivity (Wildman–Crippen MR) is 77.0 cm³/mol. The maximum absolute atomic E-state index is 11.6. The lowest BCUT2D eigenvalue weighted by atomic mass is 10.3. The van der Waals surface area contributed by atoms with Crippen LogP contribution in [0.15, 0.2) is 6.20 Å². The molecule has 0 aliphatic rings. The van der Waals surface area contributed by atoms with Gasteiger partial charge in [-0.2, -0.15) is 5.10 Å². The molecule has 1 amide bonds. The van der Waals surface area contributed by atoms with Gasteiger partial charge in [-0.3, -0.25) is 19.6 Å². The molecule has 1 aromatic heterocycles. The van der Waals surface area contributed by atoms with E-state index in [1.54, 1.807) is 6.92 Å². The van der Waals surface area contributed by atoms with E-state index in [9.17, 15) is 14.9 Å². The molecule has 118 valence electrons. The van der Waals surface area contributed by atoms with Gasteiger partial charge >= 0.3 is 5.69 Å². The minimum absolute atomic E-state index is 0.0266. The summed E-state index contributed by atoms with van der Waals surface area (Å²) in [6, 6.07) is 0. The second-order valence-corrected chi connectivity index (χ2v) is 4.97. The number of nitrogens with zero attached hydrogens (tertiary/aromatic N) is 3. The smallest absolute Gasteiger partial charge is 0.309 e. The highest BCUT2D eigenvalue weighted by Crippen LogP contribution is 2.16. The average Bonchev–Trinajstić information content (AvgIpc) is 2.77. The molecule has 0 aliphatic heterocycles. The molecule has 0 saturated carbocycles. The summed E-state index contributed by atoms with van der Waals surface area (Å²) < 4.78 is 6.84. The molecule has 0 aliphatic carbocycles. The summed E-state index contributed by atoms with van der Waals surface area (Å²) >= 11 is 0. The Morgan fingerprint density at radius 1 is 1.57 bits per heavy atom. The second kappa shape index (κ2) is 8.35. The molecule has 0 unspecified atom stereocenters. The van der Waals surface area contributed by atoms with E-state index in [1.807, 2.05) is 13.8 Å². The lowest BCUT2D eigenvalue weighted by Crippen LogP contribution is -2.26. The van der Waals surface area contributed by atoms with Crippen LogP contribution in [-0.2, 0) is 16.1 Å². The average molecular weight is 298 g/mol. The number of carbonyl (C=O) groups excluding carboxylic acids is 1. The Morgan fingerprint density at radius 3 is 2.86 bits per heavy atom. The fourth-order valence-electron chi connectivity index (χ4n) is 1.76. The highest BCUT2D eigenvalue weighted by molar-refractivity contribution is 5.75. The summed E-state index contributed by atoms with van der Waals surface area (Å²) in [5, 5.41) is 17.4. The van der Waals surface area contributed by atoms with Crippen molar-refractivity contribution in [2.75, 3.05) is 13.2 Å². The van der Waals surface area contributed by atoms with E-state index in [1.165, 1.54) is 10.9 Å². The zero-order valence-electron chi connectivity index (χ0n) is 12.7. The van der Waals surface area contributed by atoms with Gasteiger partial charge < -0.3 is 10.1 Å². The first kappa shape index (κ1) is 17.1. The second-order valence-electron chi connectivity index (χ2n) is 4.97. The fourth-order valence-corrected chi connectivity index (χ4v) is 1.76. The third-order valence-corrected chi connectivity index (χ3v) is 2.92. The molecule has 8 heteroatoms. The number of nitrogens with one attached hydrogen (secondary N) is 1. The summed E-state index contributed by atoms with van der Waals surface area (Å²) in [5.41, 5.74) is 0.430. The minimum atomic E-state index is -0.479. The summed E-state index contributed by atoms with van der Waals surface area (Å²) in [6.07, 6.45) is 2.40. The zero-order chi connectivity index (χ0) is 15.8. The molecular weight excluding hydrogens is 276 g/mol. The number of hydrogen-bond donors (Lipinski definition) is 1. The number of aryl methyl sites for hydroxylation is 1. The van der Waals surface area contributed by atoms with Gasteiger partial charge in [0.2, 0.25) is 5.91 Å². The summed E-state index contributed by atoms with van der Waals surface area (Å²) in [7, 11) is 0. The van der Waals surface area contributed by atoms with E-state index in [-0.39, 0.29) is 24.1 Å². The highest BCUT2D eigenvalue weighted by Gasteiger charge is 2.16. The first-order valence-corrected chi connectivity index (χ1v) is 6.97. The molecule has 0 spiro atoms. The van der Waals surface area contributed by atoms with E-state index in [4.69, 9.17) is 4.74 Å². The van der Waals surface area contributed by atoms with E-state index in [0.717, 1.165) is 6.42 Å². The number of rotatable bonds is 9. The van der Waals surface area contributed by atoms with Crippen molar-refractivity contribution in [2.45, 2.75) is 46.3 Å². The standard InChI is InChI=1S/C13H22N4O4/c1-10(2)21-8-4-6-14-13(18)5-7-16-11(3)12(9-15-16)17(19)20/h9-10H,4-8H2,1-3H3,(H,14,18). The lowest BCUT2D eigenvalue weighted by Gasteiger charge is -2.08. The number of ether oxygens (including phenoxy) is 1. The number of aromatic nitrogens is 2. The van der Waals surface area contributed by atoms with Crippen LogP contribution in [0.1, 0.15) is 32.4 Å². The van der Waals surface area contributed by atoms with E-state index in [2.05, 4.69) is 10.4 Å². The minimum Gasteiger partial charge on any atom is -0.379 e. The van der Waals surface area contributed by atoms with Crippen LogP contribution >= 0.6 is 0 Å². The third kappa shape index (κ3) is 5.90. The first-order chi connectivity index (χ1) is 9.91. The van der Waals surface area contributed by atoms with Crippen LogP contribution in [0.3, 0.4) is 0 Å². The van der Waals surface area contributed by atoms with Crippen molar-refractivity contribution in [1.29, 1.82) is 0 Å². The van der Waals surface area contributed by atoms with Crippen molar-refractivity contribution >= 4 is 11.6 Å². The highest BCUT2D eigenvalue weighted by atomic mass is 16.6. The number of carbonyl (C=O) groups is 1. The number of amides is 1. The van der Waals surface area contributed by atoms with Crippen molar-refractivity contribution in [3.63, 3.8) is 0 Å². The fraction of sp³-hybridized carbons (Fsp3) is 0.692. The van der Waals surface area contributed by atoms with Crippen molar-refractivity contribution < 1.29 is 14.5 Å². The molecule has 21 heavy (non-hydrogen) atoms. The van der Waals surface area contributed by atoms with Gasteiger partial charge in [-0.1, -0.05) is 0 Å². The van der Waals surface area contributed by atoms with Crippen LogP contribution in [0, 0.1) is 17.0 Å². The molecule has 0 bridgehead atoms. The normalized spacial score (nSPS) is 10.9. The molecule has 0 aromatic carbocycles. The molecule has 1 N–H and O–H groups in total. The first-order valence-electron chi connectivity index (χ1n) is 6.97. The molecule has 0 fully saturated rings. The van der Waals surface area contributed by atoms with Crippen molar-refractivity contribution in [3.05, 3.63) is 22.0 Å². The molecule has 1 heterocycles. The van der Waals surface area contributed by atoms with Gasteiger partial charge in [0, 0.05) is 19.6 Å². The lowest BCUT2D eigenvalue weighted by molar-refractivity contribution is -0.385. The maximum atomic E-state index is 11.6. The number of hydrogen-bond acceptors (Lipinski definition) is 5. The topological polar surface area (TPSA) is 99.3 Å². The molecule has 0 saturated heterocycles. The Labute approximate surface area is 123 Å². The van der Waals surface area contributed by atoms with Gasteiger partial charge in [0.25, 0.3) is 0 Å². The van der Waals surface area contributed by atoms with E-state index >= 15 is 0 Å². The monoisotopic (exact) mass is 298 g/mol. The molecule has 0 atom stereocenters. The largest absolute Gasteiger partial charge is 0.379 e. The van der Waals surface area contributed by atoms with Gasteiger partial charge in [-0.15, -0.1) is 0 Å². The van der Waals surface area contributed by atoms with Crippen LogP contribution in [0.25, 0.3) is 0 Å². The summed E-state index contributed by atoms with van der Waals surface area (Å²) in [5.74, 6) is -0.0999. The van der Waals surface area contributed by atoms with Gasteiger partial charge in [0.05, 0.1) is 17.6 Å². The van der Waals surface area contributed by atoms with Gasteiger partial charge in [-0.25, -0.2) is 0 Å². The molecule has 8 nitrogen and oxygen atoms in total. The van der Waals surface area contributed by atoms with Gasteiger partial charge in [0.1, 0.15) is 11.9 Å². The van der Waals surface area contributed by atoms with Crippen LogP contribution in [0.5, 0.6) is 0 Å². The molecule has 0 radical (unpaired) electrons. The Bertz CT molecular complexity index is 485. The predicted octanol–water partition coefficient (Wildman–Crippen LogP) is 1.42. The summed E-state index contributed by atoms with van der Waals surface area (Å²) in [4.78, 5) is 21.8. The van der Waals surface area contributed by atoms with E-state index < -0.39 is 4.92 Å². The third-order valence-electron chi connectivity index (χ3n) is 2.92. The summed E-state index contributed by atoms with van der Waals surface area (Å²) in [6.45, 7) is 7.04.